The number of rotatable bonds is 8. The molecule has 176 valence electrons. The van der Waals surface area contributed by atoms with Gasteiger partial charge < -0.3 is 14.4 Å². The summed E-state index contributed by atoms with van der Waals surface area (Å²) >= 11 is 0. The maximum absolute atomic E-state index is 14.0. The number of piperazine rings is 1. The number of sulfonamides is 1. The Morgan fingerprint density at radius 1 is 1.09 bits per heavy atom. The number of benzene rings is 2. The molecule has 1 aliphatic heterocycles. The summed E-state index contributed by atoms with van der Waals surface area (Å²) in [6.45, 7) is 3.97. The summed E-state index contributed by atoms with van der Waals surface area (Å²) in [5, 5.41) is 0. The summed E-state index contributed by atoms with van der Waals surface area (Å²) in [7, 11) is -2.84. The molecule has 0 saturated carbocycles. The molecule has 0 spiro atoms. The number of hydrogen-bond acceptors (Lipinski definition) is 5. The van der Waals surface area contributed by atoms with Gasteiger partial charge in [-0.15, -0.1) is 0 Å². The molecule has 2 aromatic carbocycles. The third-order valence-electron chi connectivity index (χ3n) is 5.03. The lowest BCUT2D eigenvalue weighted by Crippen LogP contribution is -2.50. The van der Waals surface area contributed by atoms with Gasteiger partial charge in [-0.3, -0.25) is 4.79 Å². The van der Waals surface area contributed by atoms with Crippen molar-refractivity contribution in [3.63, 3.8) is 0 Å². The van der Waals surface area contributed by atoms with E-state index in [1.807, 2.05) is 0 Å². The van der Waals surface area contributed by atoms with Gasteiger partial charge in [-0.25, -0.2) is 17.2 Å². The lowest BCUT2D eigenvalue weighted by atomic mass is 10.2. The molecule has 0 bridgehead atoms. The fourth-order valence-corrected chi connectivity index (χ4v) is 4.87. The van der Waals surface area contributed by atoms with Crippen LogP contribution in [0.25, 0.3) is 6.08 Å². The van der Waals surface area contributed by atoms with Gasteiger partial charge in [0.15, 0.2) is 16.4 Å². The van der Waals surface area contributed by atoms with Crippen LogP contribution in [0.3, 0.4) is 0 Å². The van der Waals surface area contributed by atoms with Crippen molar-refractivity contribution < 1.29 is 31.5 Å². The van der Waals surface area contributed by atoms with Crippen LogP contribution < -0.4 is 9.47 Å². The zero-order valence-electron chi connectivity index (χ0n) is 18.0. The number of carbonyl (C=O) groups is 1. The second kappa shape index (κ2) is 10.6. The quantitative estimate of drug-likeness (QED) is 0.431. The van der Waals surface area contributed by atoms with Crippen LogP contribution in [0, 0.1) is 11.6 Å². The second-order valence-corrected chi connectivity index (χ2v) is 9.00. The minimum absolute atomic E-state index is 0.0706. The molecule has 7 nitrogen and oxygen atoms in total. The lowest BCUT2D eigenvalue weighted by molar-refractivity contribution is -0.127. The zero-order chi connectivity index (χ0) is 24.0. The van der Waals surface area contributed by atoms with Gasteiger partial charge in [-0.2, -0.15) is 4.31 Å². The summed E-state index contributed by atoms with van der Waals surface area (Å²) in [6, 6.07) is 8.09. The van der Waals surface area contributed by atoms with E-state index in [9.17, 15) is 22.0 Å². The minimum atomic E-state index is -4.35. The Bertz CT molecular complexity index is 1140. The standard InChI is InChI=1S/C23H24F2N2O5S/c1-3-15-32-20-9-7-17(16-21(20)31-2)8-10-22(28)26-11-13-27(14-12-26)33(29,30)23-18(24)5-4-6-19(23)25/h3-10,16H,1,11-15H2,2H3/b10-8+. The third-order valence-corrected chi connectivity index (χ3v) is 6.98. The number of amides is 1. The molecule has 0 unspecified atom stereocenters. The predicted octanol–water partition coefficient (Wildman–Crippen LogP) is 3.08. The van der Waals surface area contributed by atoms with Crippen LogP contribution >= 0.6 is 0 Å². The molecule has 3 rings (SSSR count). The van der Waals surface area contributed by atoms with E-state index in [0.29, 0.717) is 23.7 Å². The summed E-state index contributed by atoms with van der Waals surface area (Å²) in [5.41, 5.74) is 0.711. The Balaban J connectivity index is 1.64. The Hall–Kier alpha value is -3.24. The maximum Gasteiger partial charge on any atom is 0.249 e. The average Bonchev–Trinajstić information content (AvgIpc) is 2.81. The minimum Gasteiger partial charge on any atom is -0.493 e. The third kappa shape index (κ3) is 5.58. The van der Waals surface area contributed by atoms with Crippen LogP contribution in [-0.2, 0) is 14.8 Å². The monoisotopic (exact) mass is 478 g/mol. The van der Waals surface area contributed by atoms with Gasteiger partial charge >= 0.3 is 0 Å². The fraction of sp³-hybridized carbons (Fsp3) is 0.261. The van der Waals surface area contributed by atoms with Crippen LogP contribution in [0.15, 0.2) is 60.0 Å². The topological polar surface area (TPSA) is 76.2 Å². The van der Waals surface area contributed by atoms with Crippen molar-refractivity contribution in [2.75, 3.05) is 39.9 Å². The molecular weight excluding hydrogens is 454 g/mol. The van der Waals surface area contributed by atoms with Crippen LogP contribution in [-0.4, -0.2) is 63.4 Å². The molecular formula is C23H24F2N2O5S. The van der Waals surface area contributed by atoms with E-state index in [1.54, 1.807) is 30.4 Å². The summed E-state index contributed by atoms with van der Waals surface area (Å²) in [4.78, 5) is 13.1. The Morgan fingerprint density at radius 2 is 1.76 bits per heavy atom. The first-order valence-corrected chi connectivity index (χ1v) is 11.5. The van der Waals surface area contributed by atoms with Gasteiger partial charge in [0.05, 0.1) is 7.11 Å². The van der Waals surface area contributed by atoms with Crippen LogP contribution in [0.4, 0.5) is 8.78 Å². The Labute approximate surface area is 191 Å². The first kappa shape index (κ1) is 24.4. The number of ether oxygens (including phenoxy) is 2. The summed E-state index contributed by atoms with van der Waals surface area (Å²) in [5.74, 6) is -1.55. The van der Waals surface area contributed by atoms with Gasteiger partial charge in [0.2, 0.25) is 15.9 Å². The lowest BCUT2D eigenvalue weighted by Gasteiger charge is -2.33. The van der Waals surface area contributed by atoms with Crippen molar-refractivity contribution in [3.05, 3.63) is 72.3 Å². The van der Waals surface area contributed by atoms with Gasteiger partial charge in [0.1, 0.15) is 18.2 Å². The molecule has 0 aromatic heterocycles. The molecule has 1 saturated heterocycles. The molecule has 0 atom stereocenters. The number of hydrogen-bond donors (Lipinski definition) is 0. The van der Waals surface area contributed by atoms with Gasteiger partial charge in [0, 0.05) is 32.3 Å². The van der Waals surface area contributed by atoms with E-state index < -0.39 is 26.6 Å². The number of halogens is 2. The first-order chi connectivity index (χ1) is 15.8. The highest BCUT2D eigenvalue weighted by molar-refractivity contribution is 7.89. The highest BCUT2D eigenvalue weighted by Gasteiger charge is 2.33. The number of methoxy groups -OCH3 is 1. The number of nitrogens with zero attached hydrogens (tertiary/aromatic N) is 2. The van der Waals surface area contributed by atoms with E-state index in [2.05, 4.69) is 6.58 Å². The average molecular weight is 479 g/mol. The fourth-order valence-electron chi connectivity index (χ4n) is 3.34. The van der Waals surface area contributed by atoms with E-state index >= 15 is 0 Å². The second-order valence-electron chi connectivity index (χ2n) is 7.12. The summed E-state index contributed by atoms with van der Waals surface area (Å²) < 4.78 is 65.0. The van der Waals surface area contributed by atoms with Crippen molar-refractivity contribution in [3.8, 4) is 11.5 Å². The van der Waals surface area contributed by atoms with Crippen LogP contribution in [0.2, 0.25) is 0 Å². The Morgan fingerprint density at radius 3 is 2.36 bits per heavy atom. The zero-order valence-corrected chi connectivity index (χ0v) is 18.9. The van der Waals surface area contributed by atoms with Crippen molar-refractivity contribution in [1.29, 1.82) is 0 Å². The van der Waals surface area contributed by atoms with E-state index in [0.717, 1.165) is 22.5 Å². The SMILES string of the molecule is C=CCOc1ccc(/C=C/C(=O)N2CCN(S(=O)(=O)c3c(F)cccc3F)CC2)cc1OC. The predicted molar refractivity (Wildman–Crippen MR) is 119 cm³/mol. The van der Waals surface area contributed by atoms with Crippen molar-refractivity contribution in [2.24, 2.45) is 0 Å². The first-order valence-electron chi connectivity index (χ1n) is 10.1. The van der Waals surface area contributed by atoms with Crippen LogP contribution in [0.1, 0.15) is 5.56 Å². The molecule has 1 aliphatic rings. The van der Waals surface area contributed by atoms with Crippen molar-refractivity contribution >= 4 is 22.0 Å². The maximum atomic E-state index is 14.0. The normalized spacial score (nSPS) is 14.9. The largest absolute Gasteiger partial charge is 0.493 e. The molecule has 1 heterocycles. The molecule has 33 heavy (non-hydrogen) atoms. The highest BCUT2D eigenvalue weighted by atomic mass is 32.2. The highest BCUT2D eigenvalue weighted by Crippen LogP contribution is 2.29. The van der Waals surface area contributed by atoms with E-state index in [4.69, 9.17) is 9.47 Å². The van der Waals surface area contributed by atoms with E-state index in [-0.39, 0.29) is 32.1 Å². The Kier molecular flexibility index (Phi) is 7.83. The smallest absolute Gasteiger partial charge is 0.249 e. The van der Waals surface area contributed by atoms with Crippen molar-refractivity contribution in [2.45, 2.75) is 4.90 Å². The van der Waals surface area contributed by atoms with Crippen LogP contribution in [0.5, 0.6) is 11.5 Å². The molecule has 0 aliphatic carbocycles. The summed E-state index contributed by atoms with van der Waals surface area (Å²) in [6.07, 6.45) is 4.60. The molecule has 0 radical (unpaired) electrons. The van der Waals surface area contributed by atoms with Gasteiger partial charge in [-0.1, -0.05) is 24.8 Å². The molecule has 2 aromatic rings. The van der Waals surface area contributed by atoms with Crippen molar-refractivity contribution in [1.82, 2.24) is 9.21 Å². The molecule has 10 heteroatoms. The van der Waals surface area contributed by atoms with Gasteiger partial charge in [-0.05, 0) is 35.9 Å². The molecule has 1 amide bonds. The molecule has 0 N–H and O–H groups in total. The van der Waals surface area contributed by atoms with E-state index in [1.165, 1.54) is 18.1 Å². The number of carbonyl (C=O) groups excluding carboxylic acids is 1. The van der Waals surface area contributed by atoms with Gasteiger partial charge in [0.25, 0.3) is 0 Å². The molecule has 1 fully saturated rings.